The normalized spacial score (nSPS) is 21.1. The Morgan fingerprint density at radius 1 is 1.71 bits per heavy atom. The van der Waals surface area contributed by atoms with Crippen LogP contribution in [-0.2, 0) is 9.53 Å². The lowest BCUT2D eigenvalue weighted by molar-refractivity contribution is -0.136. The summed E-state index contributed by atoms with van der Waals surface area (Å²) >= 11 is 1.90. The topological polar surface area (TPSA) is 55.6 Å². The zero-order chi connectivity index (χ0) is 10.4. The zero-order valence-electron chi connectivity index (χ0n) is 8.57. The first-order valence-corrected chi connectivity index (χ1v) is 6.02. The van der Waals surface area contributed by atoms with Crippen molar-refractivity contribution in [2.75, 3.05) is 38.3 Å². The van der Waals surface area contributed by atoms with Gasteiger partial charge < -0.3 is 15.4 Å². The van der Waals surface area contributed by atoms with Crippen LogP contribution in [0.1, 0.15) is 6.42 Å². The number of hydrogen-bond acceptors (Lipinski definition) is 4. The largest absolute Gasteiger partial charge is 0.370 e. The highest BCUT2D eigenvalue weighted by molar-refractivity contribution is 7.99. The average molecular weight is 218 g/mol. The molecule has 1 unspecified atom stereocenters. The van der Waals surface area contributed by atoms with Crippen LogP contribution in [0.2, 0.25) is 0 Å². The first-order valence-electron chi connectivity index (χ1n) is 4.87. The van der Waals surface area contributed by atoms with Crippen molar-refractivity contribution in [1.29, 1.82) is 0 Å². The van der Waals surface area contributed by atoms with Gasteiger partial charge in [0.2, 0.25) is 5.91 Å². The molecule has 5 heteroatoms. The summed E-state index contributed by atoms with van der Waals surface area (Å²) in [7, 11) is 1.85. The quantitative estimate of drug-likeness (QED) is 0.656. The monoisotopic (exact) mass is 218 g/mol. The van der Waals surface area contributed by atoms with Crippen LogP contribution in [0.3, 0.4) is 0 Å². The lowest BCUT2D eigenvalue weighted by Gasteiger charge is -2.23. The van der Waals surface area contributed by atoms with Crippen LogP contribution in [0.25, 0.3) is 0 Å². The molecule has 1 atom stereocenters. The highest BCUT2D eigenvalue weighted by atomic mass is 32.2. The van der Waals surface area contributed by atoms with E-state index in [0.29, 0.717) is 19.2 Å². The second-order valence-electron chi connectivity index (χ2n) is 3.36. The van der Waals surface area contributed by atoms with E-state index in [1.165, 1.54) is 0 Å². The molecule has 1 heterocycles. The van der Waals surface area contributed by atoms with Crippen molar-refractivity contribution in [2.45, 2.75) is 12.5 Å². The summed E-state index contributed by atoms with van der Waals surface area (Å²) in [6.45, 7) is 1.09. The summed E-state index contributed by atoms with van der Waals surface area (Å²) in [5.74, 6) is 2.27. The molecule has 1 aliphatic heterocycles. The molecule has 0 bridgehead atoms. The lowest BCUT2D eigenvalue weighted by atomic mass is 10.2. The minimum atomic E-state index is 0.0611. The van der Waals surface area contributed by atoms with Gasteiger partial charge in [-0.2, -0.15) is 11.8 Å². The lowest BCUT2D eigenvalue weighted by Crippen LogP contribution is -2.39. The van der Waals surface area contributed by atoms with E-state index in [-0.39, 0.29) is 12.5 Å². The van der Waals surface area contributed by atoms with Crippen LogP contribution in [0, 0.1) is 0 Å². The van der Waals surface area contributed by atoms with Crippen molar-refractivity contribution in [1.82, 2.24) is 4.90 Å². The number of thioether (sulfide) groups is 1. The maximum Gasteiger partial charge on any atom is 0.248 e. The van der Waals surface area contributed by atoms with Gasteiger partial charge in [0.25, 0.3) is 0 Å². The van der Waals surface area contributed by atoms with Crippen molar-refractivity contribution in [3.63, 3.8) is 0 Å². The Kier molecular flexibility index (Phi) is 5.29. The zero-order valence-corrected chi connectivity index (χ0v) is 9.39. The molecule has 4 nitrogen and oxygen atoms in total. The highest BCUT2D eigenvalue weighted by Crippen LogP contribution is 2.21. The summed E-state index contributed by atoms with van der Waals surface area (Å²) in [4.78, 5) is 13.4. The summed E-state index contributed by atoms with van der Waals surface area (Å²) in [6, 6.07) is 0.397. The van der Waals surface area contributed by atoms with Gasteiger partial charge in [0.05, 0.1) is 6.61 Å². The number of likely N-dealkylation sites (N-methyl/N-ethyl adjacent to an activating group) is 1. The molecule has 1 amide bonds. The summed E-state index contributed by atoms with van der Waals surface area (Å²) in [6.07, 6.45) is 1.10. The molecule has 2 N–H and O–H groups in total. The van der Waals surface area contributed by atoms with Gasteiger partial charge >= 0.3 is 0 Å². The Morgan fingerprint density at radius 3 is 3.07 bits per heavy atom. The van der Waals surface area contributed by atoms with Gasteiger partial charge in [-0.15, -0.1) is 0 Å². The minimum Gasteiger partial charge on any atom is -0.370 e. The molecule has 1 aliphatic rings. The van der Waals surface area contributed by atoms with E-state index in [2.05, 4.69) is 0 Å². The van der Waals surface area contributed by atoms with Crippen LogP contribution in [0.5, 0.6) is 0 Å². The molecule has 0 aromatic carbocycles. The average Bonchev–Trinajstić information content (AvgIpc) is 2.69. The third-order valence-electron chi connectivity index (χ3n) is 2.33. The van der Waals surface area contributed by atoms with Crippen molar-refractivity contribution in [2.24, 2.45) is 5.73 Å². The van der Waals surface area contributed by atoms with E-state index in [9.17, 15) is 4.79 Å². The standard InChI is InChI=1S/C9H18N2O2S/c1-11(8-2-5-14-7-8)9(12)6-13-4-3-10/h8H,2-7,10H2,1H3. The second kappa shape index (κ2) is 6.27. The number of nitrogens with two attached hydrogens (primary N) is 1. The van der Waals surface area contributed by atoms with Crippen molar-refractivity contribution >= 4 is 17.7 Å². The molecule has 1 rings (SSSR count). The van der Waals surface area contributed by atoms with Crippen molar-refractivity contribution in [3.05, 3.63) is 0 Å². The third kappa shape index (κ3) is 3.48. The number of amides is 1. The van der Waals surface area contributed by atoms with Crippen LogP contribution in [0.15, 0.2) is 0 Å². The molecule has 0 radical (unpaired) electrons. The van der Waals surface area contributed by atoms with E-state index in [0.717, 1.165) is 17.9 Å². The summed E-state index contributed by atoms with van der Waals surface area (Å²) in [5.41, 5.74) is 5.26. The highest BCUT2D eigenvalue weighted by Gasteiger charge is 2.23. The fourth-order valence-electron chi connectivity index (χ4n) is 1.38. The number of ether oxygens (including phenoxy) is 1. The van der Waals surface area contributed by atoms with Gasteiger partial charge in [-0.1, -0.05) is 0 Å². The van der Waals surface area contributed by atoms with Crippen LogP contribution < -0.4 is 5.73 Å². The number of rotatable bonds is 5. The number of carbonyl (C=O) groups excluding carboxylic acids is 1. The van der Waals surface area contributed by atoms with Crippen LogP contribution >= 0.6 is 11.8 Å². The van der Waals surface area contributed by atoms with E-state index in [4.69, 9.17) is 10.5 Å². The van der Waals surface area contributed by atoms with Gasteiger partial charge in [0.1, 0.15) is 6.61 Å². The van der Waals surface area contributed by atoms with Crippen LogP contribution in [0.4, 0.5) is 0 Å². The molecule has 1 fully saturated rings. The first-order chi connectivity index (χ1) is 6.75. The van der Waals surface area contributed by atoms with Crippen molar-refractivity contribution < 1.29 is 9.53 Å². The molecule has 0 saturated carbocycles. The molecule has 0 aliphatic carbocycles. The predicted octanol–water partition coefficient (Wildman–Crippen LogP) is -0.0744. The molecule has 0 aromatic rings. The fourth-order valence-corrected chi connectivity index (χ4v) is 2.64. The number of carbonyl (C=O) groups is 1. The predicted molar refractivity (Wildman–Crippen MR) is 58.4 cm³/mol. The Balaban J connectivity index is 2.21. The number of hydrogen-bond donors (Lipinski definition) is 1. The molecule has 0 aromatic heterocycles. The van der Waals surface area contributed by atoms with Gasteiger partial charge in [-0.05, 0) is 12.2 Å². The Morgan fingerprint density at radius 2 is 2.50 bits per heavy atom. The minimum absolute atomic E-state index is 0.0611. The first kappa shape index (κ1) is 11.8. The van der Waals surface area contributed by atoms with E-state index in [1.54, 1.807) is 4.90 Å². The Bertz CT molecular complexity index is 184. The molecule has 14 heavy (non-hydrogen) atoms. The molecular weight excluding hydrogens is 200 g/mol. The Labute approximate surface area is 89.2 Å². The molecule has 1 saturated heterocycles. The van der Waals surface area contributed by atoms with E-state index < -0.39 is 0 Å². The third-order valence-corrected chi connectivity index (χ3v) is 3.48. The summed E-state index contributed by atoms with van der Waals surface area (Å²) in [5, 5.41) is 0. The SMILES string of the molecule is CN(C(=O)COCCN)C1CCSC1. The maximum atomic E-state index is 11.6. The van der Waals surface area contributed by atoms with Gasteiger partial charge in [0.15, 0.2) is 0 Å². The molecule has 82 valence electrons. The van der Waals surface area contributed by atoms with Gasteiger partial charge in [0, 0.05) is 25.4 Å². The fraction of sp³-hybridized carbons (Fsp3) is 0.889. The Hall–Kier alpha value is -0.260. The van der Waals surface area contributed by atoms with Crippen molar-refractivity contribution in [3.8, 4) is 0 Å². The van der Waals surface area contributed by atoms with E-state index >= 15 is 0 Å². The van der Waals surface area contributed by atoms with Crippen LogP contribution in [-0.4, -0.2) is 55.2 Å². The maximum absolute atomic E-state index is 11.6. The van der Waals surface area contributed by atoms with E-state index in [1.807, 2.05) is 18.8 Å². The number of nitrogens with zero attached hydrogens (tertiary/aromatic N) is 1. The second-order valence-corrected chi connectivity index (χ2v) is 4.51. The summed E-state index contributed by atoms with van der Waals surface area (Å²) < 4.78 is 5.10. The molecule has 0 spiro atoms. The molecular formula is C9H18N2O2S. The van der Waals surface area contributed by atoms with Gasteiger partial charge in [-0.25, -0.2) is 0 Å². The smallest absolute Gasteiger partial charge is 0.248 e. The van der Waals surface area contributed by atoms with Gasteiger partial charge in [-0.3, -0.25) is 4.79 Å².